The third-order valence-corrected chi connectivity index (χ3v) is 8.46. The molecule has 0 N–H and O–H groups in total. The van der Waals surface area contributed by atoms with Gasteiger partial charge >= 0.3 is 0 Å². The Hall–Kier alpha value is -3.44. The summed E-state index contributed by atoms with van der Waals surface area (Å²) in [6.45, 7) is 6.03. The van der Waals surface area contributed by atoms with Gasteiger partial charge in [-0.05, 0) is 60.8 Å². The molecule has 0 bridgehead atoms. The molecule has 4 heterocycles. The van der Waals surface area contributed by atoms with Crippen LogP contribution < -0.4 is 5.19 Å². The molecule has 6 rings (SSSR count). The summed E-state index contributed by atoms with van der Waals surface area (Å²) in [5, 5.41) is 2.50. The molecule has 0 saturated heterocycles. The van der Waals surface area contributed by atoms with E-state index < -0.39 is 28.2 Å². The van der Waals surface area contributed by atoms with Crippen LogP contribution in [0.3, 0.4) is 0 Å². The van der Waals surface area contributed by atoms with Crippen molar-refractivity contribution >= 4 is 35.3 Å². The molecule has 42 heavy (non-hydrogen) atoms. The Morgan fingerprint density at radius 2 is 1.76 bits per heavy atom. The number of fused-ring (bicyclic) bond motifs is 3. The van der Waals surface area contributed by atoms with Crippen LogP contribution in [0.25, 0.3) is 44.6 Å². The molecule has 0 fully saturated rings. The van der Waals surface area contributed by atoms with Crippen LogP contribution in [0, 0.1) is 31.8 Å². The first-order chi connectivity index (χ1) is 22.8. The third-order valence-electron chi connectivity index (χ3n) is 6.45. The van der Waals surface area contributed by atoms with Crippen molar-refractivity contribution in [1.29, 1.82) is 0 Å². The largest absolute Gasteiger partial charge is 0.486 e. The Labute approximate surface area is 275 Å². The molecular weight excluding hydrogens is 711 g/mol. The Morgan fingerprint density at radius 3 is 2.48 bits per heavy atom. The quantitative estimate of drug-likeness (QED) is 0.131. The van der Waals surface area contributed by atoms with Crippen LogP contribution in [-0.2, 0) is 26.5 Å². The molecule has 6 heteroatoms. The van der Waals surface area contributed by atoms with Crippen LogP contribution >= 0.6 is 0 Å². The van der Waals surface area contributed by atoms with E-state index in [1.165, 1.54) is 24.4 Å². The molecule has 0 aliphatic rings. The van der Waals surface area contributed by atoms with Crippen LogP contribution in [0.2, 0.25) is 19.6 Å². The van der Waals surface area contributed by atoms with Gasteiger partial charge in [0.25, 0.3) is 0 Å². The van der Waals surface area contributed by atoms with E-state index in [9.17, 15) is 0 Å². The molecule has 0 aliphatic carbocycles. The monoisotopic (exact) mass is 756 g/mol. The van der Waals surface area contributed by atoms with Crippen LogP contribution in [0.4, 0.5) is 0 Å². The van der Waals surface area contributed by atoms with Crippen LogP contribution in [-0.4, -0.2) is 23.0 Å². The van der Waals surface area contributed by atoms with E-state index in [0.717, 1.165) is 27.4 Å². The zero-order valence-electron chi connectivity index (χ0n) is 32.2. The fourth-order valence-corrected chi connectivity index (χ4v) is 5.91. The van der Waals surface area contributed by atoms with Crippen LogP contribution in [0.15, 0.2) is 83.5 Å². The normalized spacial score (nSPS) is 15.1. The van der Waals surface area contributed by atoms with Gasteiger partial charge < -0.3 is 14.4 Å². The molecule has 0 saturated carbocycles. The summed E-state index contributed by atoms with van der Waals surface area (Å²) in [5.74, 6) is -0.0856. The summed E-state index contributed by atoms with van der Waals surface area (Å²) < 4.78 is 67.8. The number of hydrogen-bond donors (Lipinski definition) is 0. The number of hydrogen-bond acceptors (Lipinski definition) is 4. The maximum absolute atomic E-state index is 8.55. The van der Waals surface area contributed by atoms with Gasteiger partial charge in [0.1, 0.15) is 0 Å². The molecule has 2 aromatic carbocycles. The van der Waals surface area contributed by atoms with Gasteiger partial charge in [-0.1, -0.05) is 62.1 Å². The van der Waals surface area contributed by atoms with E-state index in [2.05, 4.69) is 46.7 Å². The molecule has 0 unspecified atom stereocenters. The number of benzene rings is 2. The van der Waals surface area contributed by atoms with Gasteiger partial charge in [0.05, 0.1) is 13.7 Å². The minimum absolute atomic E-state index is 0. The molecule has 4 aromatic heterocycles. The molecule has 217 valence electrons. The number of aryl methyl sites for hydroxylation is 2. The molecule has 0 spiro atoms. The summed E-state index contributed by atoms with van der Waals surface area (Å²) >= 11 is 0. The van der Waals surface area contributed by atoms with Crippen LogP contribution in [0.1, 0.15) is 41.6 Å². The van der Waals surface area contributed by atoms with E-state index in [0.29, 0.717) is 22.2 Å². The van der Waals surface area contributed by atoms with Crippen molar-refractivity contribution in [3.63, 3.8) is 0 Å². The number of pyridine rings is 3. The first kappa shape index (κ1) is 22.1. The fraction of sp³-hybridized carbons (Fsp3) is 0.250. The molecule has 0 aliphatic heterocycles. The smallest absolute Gasteiger partial charge is 0.216 e. The number of rotatable bonds is 5. The molecule has 1 radical (unpaired) electrons. The minimum Gasteiger partial charge on any atom is -0.486 e. The minimum atomic E-state index is -2.32. The van der Waals surface area contributed by atoms with Crippen molar-refractivity contribution in [2.45, 2.75) is 53.6 Å². The Bertz CT molecular complexity index is 2110. The van der Waals surface area contributed by atoms with E-state index in [1.54, 1.807) is 18.2 Å². The predicted molar refractivity (Wildman–Crippen MR) is 173 cm³/mol. The number of nitrogens with zero attached hydrogens (tertiary/aromatic N) is 3. The Balaban J connectivity index is 0.000000225. The molecule has 0 amide bonds. The summed E-state index contributed by atoms with van der Waals surface area (Å²) in [4.78, 5) is 12.9. The molecular formula is C36H37IrN3OSi-2. The van der Waals surface area contributed by atoms with Crippen molar-refractivity contribution in [3.8, 4) is 22.5 Å². The SMILES string of the molecule is [2H]C([2H])([2H])c1ccnc(-c2[c-]cc3oc4nc(C([2H])([2H])[2H])ccc4c3c2)c1.[2H]C([2H])(c1cc(-c2[c-]cccc2)ncc1[Si](C)(C)C)C(C)C.[Ir]. The van der Waals surface area contributed by atoms with Crippen molar-refractivity contribution in [1.82, 2.24) is 15.0 Å². The van der Waals surface area contributed by atoms with Crippen molar-refractivity contribution in [2.75, 3.05) is 0 Å². The summed E-state index contributed by atoms with van der Waals surface area (Å²) in [5.41, 5.74) is 4.48. The summed E-state index contributed by atoms with van der Waals surface area (Å²) in [6, 6.07) is 25.3. The number of furan rings is 1. The molecule has 4 nitrogen and oxygen atoms in total. The van der Waals surface area contributed by atoms with Gasteiger partial charge in [-0.2, -0.15) is 0 Å². The van der Waals surface area contributed by atoms with Crippen molar-refractivity contribution in [3.05, 3.63) is 108 Å². The number of aromatic nitrogens is 3. The average Bonchev–Trinajstić information content (AvgIpc) is 3.41. The first-order valence-electron chi connectivity index (χ1n) is 17.5. The second-order valence-electron chi connectivity index (χ2n) is 11.1. The Kier molecular flexibility index (Phi) is 6.98. The predicted octanol–water partition coefficient (Wildman–Crippen LogP) is 8.75. The van der Waals surface area contributed by atoms with Gasteiger partial charge in [0, 0.05) is 54.5 Å². The summed E-state index contributed by atoms with van der Waals surface area (Å²) in [7, 11) is -1.67. The first-order valence-corrected chi connectivity index (χ1v) is 17.0. The van der Waals surface area contributed by atoms with Gasteiger partial charge in [-0.15, -0.1) is 59.7 Å². The van der Waals surface area contributed by atoms with Gasteiger partial charge in [0.2, 0.25) is 5.71 Å². The molecule has 0 atom stereocenters. The second kappa shape index (κ2) is 13.2. The van der Waals surface area contributed by atoms with Gasteiger partial charge in [-0.3, -0.25) is 0 Å². The second-order valence-corrected chi connectivity index (χ2v) is 16.2. The van der Waals surface area contributed by atoms with E-state index in [4.69, 9.17) is 15.4 Å². The van der Waals surface area contributed by atoms with E-state index in [1.807, 2.05) is 50.4 Å². The topological polar surface area (TPSA) is 51.8 Å². The zero-order chi connectivity index (χ0) is 35.9. The van der Waals surface area contributed by atoms with Crippen molar-refractivity contribution in [2.24, 2.45) is 5.92 Å². The molecule has 6 aromatic rings. The van der Waals surface area contributed by atoms with Gasteiger partial charge in [-0.25, -0.2) is 4.98 Å². The maximum Gasteiger partial charge on any atom is 0.216 e. The fourth-order valence-electron chi connectivity index (χ4n) is 4.51. The average molecular weight is 756 g/mol. The standard InChI is InChI=1S/C18H13N2O.C18H24NSi.Ir/c1-11-7-8-19-16(9-11)13-4-6-17-15(10-13)14-5-3-12(2)20-18(14)21-17;1-14(2)11-16-12-17(15-9-7-6-8-10-15)19-13-18(16)20(3,4)5;/h3,5-10H,1-2H3;6-9,12-14H,11H2,1-5H3;/q2*-1;/i1D3,2D3;11D2;. The Morgan fingerprint density at radius 1 is 0.929 bits per heavy atom. The zero-order valence-corrected chi connectivity index (χ0v) is 27.6. The summed E-state index contributed by atoms with van der Waals surface area (Å²) in [6.07, 6.45) is 1.98. The third kappa shape index (κ3) is 7.30. The maximum atomic E-state index is 8.55. The van der Waals surface area contributed by atoms with Crippen LogP contribution in [0.5, 0.6) is 0 Å². The van der Waals surface area contributed by atoms with E-state index >= 15 is 0 Å². The van der Waals surface area contributed by atoms with Crippen molar-refractivity contribution < 1.29 is 35.5 Å². The van der Waals surface area contributed by atoms with Gasteiger partial charge in [0.15, 0.2) is 0 Å². The van der Waals surface area contributed by atoms with E-state index in [-0.39, 0.29) is 43.0 Å².